The molecule has 0 fully saturated rings. The Kier molecular flexibility index (Phi) is 4.23. The minimum absolute atomic E-state index is 0.103. The molecule has 1 heterocycles. The van der Waals surface area contributed by atoms with E-state index in [1.165, 1.54) is 6.07 Å². The molecule has 98 valence electrons. The van der Waals surface area contributed by atoms with Crippen LogP contribution in [0.5, 0.6) is 0 Å². The topological polar surface area (TPSA) is 33.2 Å². The quantitative estimate of drug-likeness (QED) is 0.773. The third-order valence-corrected chi connectivity index (χ3v) is 2.99. The standard InChI is InChI=1S/C15H15FN2O/c1-18(10-8-12-5-2-3-9-17-12)15-7-4-6-14(16)13(15)11-19/h2-7,9,11H,8,10H2,1H3. The van der Waals surface area contributed by atoms with Crippen LogP contribution in [0.3, 0.4) is 0 Å². The number of carbonyl (C=O) groups is 1. The molecule has 3 nitrogen and oxygen atoms in total. The van der Waals surface area contributed by atoms with Gasteiger partial charge in [0.1, 0.15) is 5.82 Å². The highest BCUT2D eigenvalue weighted by Gasteiger charge is 2.11. The van der Waals surface area contributed by atoms with Crippen molar-refractivity contribution in [3.63, 3.8) is 0 Å². The zero-order chi connectivity index (χ0) is 13.7. The van der Waals surface area contributed by atoms with E-state index in [1.54, 1.807) is 18.3 Å². The molecule has 0 unspecified atom stereocenters. The van der Waals surface area contributed by atoms with Crippen molar-refractivity contribution in [3.8, 4) is 0 Å². The molecule has 0 radical (unpaired) electrons. The van der Waals surface area contributed by atoms with Gasteiger partial charge in [0.05, 0.1) is 5.56 Å². The van der Waals surface area contributed by atoms with Crippen LogP contribution in [0.25, 0.3) is 0 Å². The zero-order valence-electron chi connectivity index (χ0n) is 10.7. The van der Waals surface area contributed by atoms with E-state index in [4.69, 9.17) is 0 Å². The average Bonchev–Trinajstić information content (AvgIpc) is 2.45. The second kappa shape index (κ2) is 6.09. The number of pyridine rings is 1. The maximum absolute atomic E-state index is 13.5. The van der Waals surface area contributed by atoms with E-state index >= 15 is 0 Å². The van der Waals surface area contributed by atoms with Gasteiger partial charge in [-0.2, -0.15) is 0 Å². The summed E-state index contributed by atoms with van der Waals surface area (Å²) < 4.78 is 13.5. The van der Waals surface area contributed by atoms with Crippen LogP contribution in [-0.2, 0) is 6.42 Å². The first kappa shape index (κ1) is 13.2. The van der Waals surface area contributed by atoms with E-state index in [-0.39, 0.29) is 5.56 Å². The molecule has 0 amide bonds. The van der Waals surface area contributed by atoms with Crippen molar-refractivity contribution >= 4 is 12.0 Å². The Bertz CT molecular complexity index is 557. The Morgan fingerprint density at radius 2 is 2.11 bits per heavy atom. The smallest absolute Gasteiger partial charge is 0.155 e. The number of nitrogens with zero attached hydrogens (tertiary/aromatic N) is 2. The van der Waals surface area contributed by atoms with Gasteiger partial charge in [-0.25, -0.2) is 4.39 Å². The summed E-state index contributed by atoms with van der Waals surface area (Å²) in [5.41, 5.74) is 1.68. The van der Waals surface area contributed by atoms with Gasteiger partial charge >= 0.3 is 0 Å². The van der Waals surface area contributed by atoms with Crippen LogP contribution < -0.4 is 4.90 Å². The van der Waals surface area contributed by atoms with Gasteiger partial charge in [-0.05, 0) is 24.3 Å². The lowest BCUT2D eigenvalue weighted by molar-refractivity contribution is 0.112. The molecule has 1 aromatic heterocycles. The number of anilines is 1. The number of likely N-dealkylation sites (N-methyl/N-ethyl adjacent to an activating group) is 1. The van der Waals surface area contributed by atoms with Crippen molar-refractivity contribution < 1.29 is 9.18 Å². The number of rotatable bonds is 5. The second-order valence-electron chi connectivity index (χ2n) is 4.28. The number of aromatic nitrogens is 1. The molecule has 0 aliphatic rings. The van der Waals surface area contributed by atoms with Crippen LogP contribution in [0.4, 0.5) is 10.1 Å². The molecule has 0 aliphatic heterocycles. The lowest BCUT2D eigenvalue weighted by atomic mass is 10.1. The lowest BCUT2D eigenvalue weighted by Gasteiger charge is -2.20. The van der Waals surface area contributed by atoms with Crippen molar-refractivity contribution in [2.45, 2.75) is 6.42 Å². The molecule has 0 saturated carbocycles. The molecule has 0 aliphatic carbocycles. The van der Waals surface area contributed by atoms with Crippen LogP contribution in [-0.4, -0.2) is 24.9 Å². The van der Waals surface area contributed by atoms with Gasteiger partial charge in [0.15, 0.2) is 6.29 Å². The van der Waals surface area contributed by atoms with Gasteiger partial charge in [-0.1, -0.05) is 12.1 Å². The van der Waals surface area contributed by atoms with E-state index in [1.807, 2.05) is 30.1 Å². The molecular formula is C15H15FN2O. The lowest BCUT2D eigenvalue weighted by Crippen LogP contribution is -2.22. The van der Waals surface area contributed by atoms with Crippen LogP contribution in [0.15, 0.2) is 42.6 Å². The first-order valence-electron chi connectivity index (χ1n) is 6.07. The number of hydrogen-bond acceptors (Lipinski definition) is 3. The van der Waals surface area contributed by atoms with Gasteiger partial charge in [0.2, 0.25) is 0 Å². The summed E-state index contributed by atoms with van der Waals surface area (Å²) in [7, 11) is 1.84. The minimum atomic E-state index is -0.489. The number of benzene rings is 1. The molecule has 2 rings (SSSR count). The van der Waals surface area contributed by atoms with Crippen molar-refractivity contribution in [2.75, 3.05) is 18.5 Å². The normalized spacial score (nSPS) is 10.2. The fourth-order valence-electron chi connectivity index (χ4n) is 1.92. The largest absolute Gasteiger partial charge is 0.374 e. The Morgan fingerprint density at radius 1 is 1.26 bits per heavy atom. The summed E-state index contributed by atoms with van der Waals surface area (Å²) in [6, 6.07) is 10.4. The third-order valence-electron chi connectivity index (χ3n) is 2.99. The Morgan fingerprint density at radius 3 is 2.79 bits per heavy atom. The minimum Gasteiger partial charge on any atom is -0.374 e. The predicted molar refractivity (Wildman–Crippen MR) is 73.0 cm³/mol. The van der Waals surface area contributed by atoms with Crippen LogP contribution >= 0.6 is 0 Å². The van der Waals surface area contributed by atoms with Crippen molar-refractivity contribution in [1.29, 1.82) is 0 Å². The fourth-order valence-corrected chi connectivity index (χ4v) is 1.92. The highest BCUT2D eigenvalue weighted by molar-refractivity contribution is 5.84. The molecule has 0 atom stereocenters. The number of carbonyl (C=O) groups excluding carboxylic acids is 1. The van der Waals surface area contributed by atoms with Crippen molar-refractivity contribution in [1.82, 2.24) is 4.98 Å². The SMILES string of the molecule is CN(CCc1ccccn1)c1cccc(F)c1C=O. The maximum Gasteiger partial charge on any atom is 0.155 e. The van der Waals surface area contributed by atoms with E-state index in [9.17, 15) is 9.18 Å². The van der Waals surface area contributed by atoms with E-state index in [0.29, 0.717) is 18.5 Å². The van der Waals surface area contributed by atoms with Crippen molar-refractivity contribution in [2.24, 2.45) is 0 Å². The molecule has 2 aromatic rings. The average molecular weight is 258 g/mol. The summed E-state index contributed by atoms with van der Waals surface area (Å²) in [6.45, 7) is 0.668. The Labute approximate surface area is 111 Å². The summed E-state index contributed by atoms with van der Waals surface area (Å²) in [5, 5.41) is 0. The molecule has 4 heteroatoms. The van der Waals surface area contributed by atoms with Gasteiger partial charge in [-0.15, -0.1) is 0 Å². The van der Waals surface area contributed by atoms with E-state index < -0.39 is 5.82 Å². The summed E-state index contributed by atoms with van der Waals surface area (Å²) in [5.74, 6) is -0.489. The van der Waals surface area contributed by atoms with Crippen LogP contribution in [0.2, 0.25) is 0 Å². The first-order chi connectivity index (χ1) is 9.22. The molecule has 0 bridgehead atoms. The molecule has 19 heavy (non-hydrogen) atoms. The number of halogens is 1. The fraction of sp³-hybridized carbons (Fsp3) is 0.200. The maximum atomic E-state index is 13.5. The Balaban J connectivity index is 2.10. The van der Waals surface area contributed by atoms with Gasteiger partial charge in [0, 0.05) is 37.6 Å². The summed E-state index contributed by atoms with van der Waals surface area (Å²) in [4.78, 5) is 17.0. The van der Waals surface area contributed by atoms with E-state index in [2.05, 4.69) is 4.98 Å². The number of hydrogen-bond donors (Lipinski definition) is 0. The predicted octanol–water partition coefficient (Wildman–Crippen LogP) is 2.71. The molecule has 1 aromatic carbocycles. The first-order valence-corrected chi connectivity index (χ1v) is 6.07. The second-order valence-corrected chi connectivity index (χ2v) is 4.28. The third kappa shape index (κ3) is 3.16. The molecular weight excluding hydrogens is 243 g/mol. The summed E-state index contributed by atoms with van der Waals surface area (Å²) in [6.07, 6.45) is 3.04. The molecule has 0 N–H and O–H groups in total. The van der Waals surface area contributed by atoms with Gasteiger partial charge < -0.3 is 4.90 Å². The van der Waals surface area contributed by atoms with Gasteiger partial charge in [-0.3, -0.25) is 9.78 Å². The van der Waals surface area contributed by atoms with Crippen LogP contribution in [0, 0.1) is 5.82 Å². The zero-order valence-corrected chi connectivity index (χ0v) is 10.7. The highest BCUT2D eigenvalue weighted by atomic mass is 19.1. The highest BCUT2D eigenvalue weighted by Crippen LogP contribution is 2.20. The monoisotopic (exact) mass is 258 g/mol. The summed E-state index contributed by atoms with van der Waals surface area (Å²) >= 11 is 0. The van der Waals surface area contributed by atoms with E-state index in [0.717, 1.165) is 12.1 Å². The number of aldehydes is 1. The van der Waals surface area contributed by atoms with Crippen LogP contribution in [0.1, 0.15) is 16.1 Å². The van der Waals surface area contributed by atoms with Gasteiger partial charge in [0.25, 0.3) is 0 Å². The molecule has 0 spiro atoms. The van der Waals surface area contributed by atoms with Crippen molar-refractivity contribution in [3.05, 3.63) is 59.7 Å². The molecule has 0 saturated heterocycles. The Hall–Kier alpha value is -2.23.